The first-order valence-corrected chi connectivity index (χ1v) is 33.2. The Balaban J connectivity index is 4.35. The van der Waals surface area contributed by atoms with E-state index in [0.29, 0.717) is 19.3 Å². The van der Waals surface area contributed by atoms with E-state index in [4.69, 9.17) is 14.2 Å². The summed E-state index contributed by atoms with van der Waals surface area (Å²) < 4.78 is 17.0. The van der Waals surface area contributed by atoms with Gasteiger partial charge in [0.1, 0.15) is 13.2 Å². The molecule has 0 rings (SSSR count). The van der Waals surface area contributed by atoms with Crippen LogP contribution in [0.2, 0.25) is 0 Å². The van der Waals surface area contributed by atoms with Crippen LogP contribution in [-0.4, -0.2) is 37.2 Å². The third kappa shape index (κ3) is 63.2. The van der Waals surface area contributed by atoms with Crippen molar-refractivity contribution < 1.29 is 28.6 Å². The molecule has 0 fully saturated rings. The molecule has 6 heteroatoms. The molecule has 1 unspecified atom stereocenters. The quantitative estimate of drug-likeness (QED) is 0.0261. The highest BCUT2D eigenvalue weighted by Crippen LogP contribution is 2.16. The monoisotopic (exact) mass is 1080 g/mol. The van der Waals surface area contributed by atoms with Gasteiger partial charge < -0.3 is 14.2 Å². The van der Waals surface area contributed by atoms with E-state index in [0.717, 1.165) is 116 Å². The first-order chi connectivity index (χ1) is 38.5. The highest BCUT2D eigenvalue weighted by atomic mass is 16.6. The molecule has 0 heterocycles. The van der Waals surface area contributed by atoms with Crippen LogP contribution < -0.4 is 0 Å². The molecule has 1 atom stereocenters. The molecule has 0 saturated heterocycles. The first kappa shape index (κ1) is 74.3. The minimum absolute atomic E-state index is 0.0804. The minimum Gasteiger partial charge on any atom is -0.462 e. The number of rotatable bonds is 60. The maximum atomic E-state index is 12.9. The number of unbranched alkanes of at least 4 members (excludes halogenated alkanes) is 33. The van der Waals surface area contributed by atoms with Gasteiger partial charge in [0.15, 0.2) is 6.10 Å². The standard InChI is InChI=1S/C72H124O6/c1-4-7-10-13-16-19-22-25-28-30-32-33-34-35-36-37-38-39-40-42-44-47-50-53-56-59-62-65-71(74)77-68-69(67-76-70(73)64-61-58-55-52-49-46-43-27-24-21-18-15-12-9-6-3)78-72(75)66-63-60-57-54-51-48-45-41-31-29-26-23-20-17-14-11-8-5-2/h7,10,16,19-20,23,25,28-29,31-33,35-36,38-39,69H,4-6,8-9,11-15,17-18,21-22,24,26-27,30,34,37,40-68H2,1-3H3/b10-7-,19-16-,23-20-,28-25-,31-29-,33-32-,36-35-,39-38-. The molecule has 0 aromatic rings. The second kappa shape index (κ2) is 65.8. The first-order valence-electron chi connectivity index (χ1n) is 33.2. The molecule has 0 bridgehead atoms. The molecule has 0 aliphatic rings. The zero-order chi connectivity index (χ0) is 56.4. The van der Waals surface area contributed by atoms with Crippen LogP contribution >= 0.6 is 0 Å². The topological polar surface area (TPSA) is 78.9 Å². The number of allylic oxidation sites excluding steroid dienone is 16. The number of hydrogen-bond acceptors (Lipinski definition) is 6. The molecular formula is C72H124O6. The van der Waals surface area contributed by atoms with Crippen molar-refractivity contribution in [1.82, 2.24) is 0 Å². The molecular weight excluding hydrogens is 961 g/mol. The van der Waals surface area contributed by atoms with Gasteiger partial charge in [-0.2, -0.15) is 0 Å². The molecule has 0 saturated carbocycles. The van der Waals surface area contributed by atoms with Crippen molar-refractivity contribution in [3.63, 3.8) is 0 Å². The lowest BCUT2D eigenvalue weighted by Gasteiger charge is -2.18. The zero-order valence-electron chi connectivity index (χ0n) is 51.4. The van der Waals surface area contributed by atoms with E-state index in [1.54, 1.807) is 0 Å². The summed E-state index contributed by atoms with van der Waals surface area (Å²) in [4.78, 5) is 38.4. The van der Waals surface area contributed by atoms with Crippen LogP contribution in [0, 0.1) is 0 Å². The van der Waals surface area contributed by atoms with Gasteiger partial charge in [-0.05, 0) is 103 Å². The summed E-state index contributed by atoms with van der Waals surface area (Å²) in [5.41, 5.74) is 0. The van der Waals surface area contributed by atoms with Gasteiger partial charge in [-0.3, -0.25) is 14.4 Å². The van der Waals surface area contributed by atoms with E-state index in [9.17, 15) is 14.4 Å². The summed E-state index contributed by atoms with van der Waals surface area (Å²) in [6.45, 7) is 6.53. The molecule has 6 nitrogen and oxygen atoms in total. The van der Waals surface area contributed by atoms with E-state index in [2.05, 4.69) is 118 Å². The van der Waals surface area contributed by atoms with Crippen LogP contribution in [0.5, 0.6) is 0 Å². The van der Waals surface area contributed by atoms with Crippen LogP contribution in [0.3, 0.4) is 0 Å². The molecule has 0 aromatic heterocycles. The smallest absolute Gasteiger partial charge is 0.306 e. The van der Waals surface area contributed by atoms with Crippen molar-refractivity contribution in [2.24, 2.45) is 0 Å². The predicted molar refractivity (Wildman–Crippen MR) is 339 cm³/mol. The van der Waals surface area contributed by atoms with Crippen LogP contribution in [0.15, 0.2) is 97.2 Å². The molecule has 0 amide bonds. The Bertz CT molecular complexity index is 1530. The normalized spacial score (nSPS) is 12.7. The molecule has 0 spiro atoms. The molecule has 448 valence electrons. The largest absolute Gasteiger partial charge is 0.462 e. The Morgan fingerprint density at radius 2 is 0.500 bits per heavy atom. The van der Waals surface area contributed by atoms with Gasteiger partial charge in [0.2, 0.25) is 0 Å². The van der Waals surface area contributed by atoms with Crippen molar-refractivity contribution in [3.8, 4) is 0 Å². The molecule has 78 heavy (non-hydrogen) atoms. The Morgan fingerprint density at radius 3 is 0.795 bits per heavy atom. The maximum Gasteiger partial charge on any atom is 0.306 e. The van der Waals surface area contributed by atoms with Crippen LogP contribution in [0.1, 0.15) is 323 Å². The zero-order valence-corrected chi connectivity index (χ0v) is 51.4. The lowest BCUT2D eigenvalue weighted by Crippen LogP contribution is -2.30. The molecule has 0 aliphatic heterocycles. The Hall–Kier alpha value is -3.67. The number of esters is 3. The third-order valence-electron chi connectivity index (χ3n) is 14.3. The second-order valence-electron chi connectivity index (χ2n) is 22.0. The van der Waals surface area contributed by atoms with Gasteiger partial charge in [0, 0.05) is 19.3 Å². The summed E-state index contributed by atoms with van der Waals surface area (Å²) in [7, 11) is 0. The number of carbonyl (C=O) groups is 3. The van der Waals surface area contributed by atoms with Crippen molar-refractivity contribution in [2.75, 3.05) is 13.2 Å². The molecule has 0 N–H and O–H groups in total. The van der Waals surface area contributed by atoms with Gasteiger partial charge in [0.25, 0.3) is 0 Å². The summed E-state index contributed by atoms with van der Waals surface area (Å²) in [5, 5.41) is 0. The summed E-state index contributed by atoms with van der Waals surface area (Å²) >= 11 is 0. The van der Waals surface area contributed by atoms with Gasteiger partial charge in [-0.1, -0.05) is 298 Å². The Kier molecular flexibility index (Phi) is 62.7. The Morgan fingerprint density at radius 1 is 0.269 bits per heavy atom. The lowest BCUT2D eigenvalue weighted by atomic mass is 10.0. The van der Waals surface area contributed by atoms with E-state index in [-0.39, 0.29) is 31.1 Å². The van der Waals surface area contributed by atoms with Crippen molar-refractivity contribution in [3.05, 3.63) is 97.2 Å². The van der Waals surface area contributed by atoms with Gasteiger partial charge >= 0.3 is 17.9 Å². The Labute approximate surface area is 483 Å². The number of carbonyl (C=O) groups excluding carboxylic acids is 3. The number of ether oxygens (including phenoxy) is 3. The summed E-state index contributed by atoms with van der Waals surface area (Å²) in [6.07, 6.45) is 88.4. The molecule has 0 aromatic carbocycles. The predicted octanol–water partition coefficient (Wildman–Crippen LogP) is 22.8. The maximum absolute atomic E-state index is 12.9. The fraction of sp³-hybridized carbons (Fsp3) is 0.736. The second-order valence-corrected chi connectivity index (χ2v) is 22.0. The van der Waals surface area contributed by atoms with Gasteiger partial charge in [-0.15, -0.1) is 0 Å². The fourth-order valence-electron chi connectivity index (χ4n) is 9.36. The molecule has 0 radical (unpaired) electrons. The summed E-state index contributed by atoms with van der Waals surface area (Å²) in [5.74, 6) is -0.883. The lowest BCUT2D eigenvalue weighted by molar-refractivity contribution is -0.167. The summed E-state index contributed by atoms with van der Waals surface area (Å²) in [6, 6.07) is 0. The highest BCUT2D eigenvalue weighted by Gasteiger charge is 2.19. The van der Waals surface area contributed by atoms with Gasteiger partial charge in [0.05, 0.1) is 0 Å². The average Bonchev–Trinajstić information content (AvgIpc) is 3.44. The van der Waals surface area contributed by atoms with Crippen molar-refractivity contribution in [1.29, 1.82) is 0 Å². The highest BCUT2D eigenvalue weighted by molar-refractivity contribution is 5.71. The van der Waals surface area contributed by atoms with E-state index in [1.165, 1.54) is 167 Å². The molecule has 0 aliphatic carbocycles. The average molecular weight is 1090 g/mol. The van der Waals surface area contributed by atoms with Gasteiger partial charge in [-0.25, -0.2) is 0 Å². The van der Waals surface area contributed by atoms with Crippen LogP contribution in [-0.2, 0) is 28.6 Å². The van der Waals surface area contributed by atoms with Crippen molar-refractivity contribution >= 4 is 17.9 Å². The minimum atomic E-state index is -0.786. The fourth-order valence-corrected chi connectivity index (χ4v) is 9.36. The number of hydrogen-bond donors (Lipinski definition) is 0. The van der Waals surface area contributed by atoms with Crippen molar-refractivity contribution in [2.45, 2.75) is 329 Å². The van der Waals surface area contributed by atoms with Crippen LogP contribution in [0.4, 0.5) is 0 Å². The van der Waals surface area contributed by atoms with Crippen LogP contribution in [0.25, 0.3) is 0 Å². The third-order valence-corrected chi connectivity index (χ3v) is 14.3. The van der Waals surface area contributed by atoms with E-state index < -0.39 is 6.10 Å². The van der Waals surface area contributed by atoms with E-state index >= 15 is 0 Å². The SMILES string of the molecule is CC/C=C\C/C=C\C/C=C\C/C=C\C/C=C\C/C=C\CCCCCCCCCCC(=O)OCC(COC(=O)CCCCCCCCCCCCCCCCC)OC(=O)CCCCCCCCC/C=C\C/C=C\CCCCCC. The van der Waals surface area contributed by atoms with E-state index in [1.807, 2.05) is 0 Å².